The molecule has 0 spiro atoms. The second kappa shape index (κ2) is 7.00. The van der Waals surface area contributed by atoms with Crippen molar-refractivity contribution in [3.8, 4) is 0 Å². The monoisotopic (exact) mass is 195 g/mol. The smallest absolute Gasteiger partial charge is 0.335 e. The van der Waals surface area contributed by atoms with E-state index in [1.165, 1.54) is 0 Å². The van der Waals surface area contributed by atoms with E-state index in [9.17, 15) is 9.59 Å². The Kier molecular flexibility index (Phi) is 7.48. The predicted molar refractivity (Wildman–Crippen MR) is 37.5 cm³/mol. The van der Waals surface area contributed by atoms with Crippen LogP contribution in [0.3, 0.4) is 0 Å². The number of hydrogen-bond donors (Lipinski definition) is 5. The second-order valence-corrected chi connectivity index (χ2v) is 1.70. The van der Waals surface area contributed by atoms with Gasteiger partial charge in [0, 0.05) is 0 Å². The Balaban J connectivity index is 0. The van der Waals surface area contributed by atoms with Gasteiger partial charge in [0.2, 0.25) is 6.41 Å². The average molecular weight is 195 g/mol. The highest BCUT2D eigenvalue weighted by Gasteiger charge is 2.29. The Bertz CT molecular complexity index is 173. The van der Waals surface area contributed by atoms with E-state index in [0.717, 1.165) is 0 Å². The fourth-order valence-corrected chi connectivity index (χ4v) is 0.270. The summed E-state index contributed by atoms with van der Waals surface area (Å²) in [6.07, 6.45) is -4.28. The lowest BCUT2D eigenvalue weighted by Crippen LogP contribution is -2.39. The highest BCUT2D eigenvalue weighted by molar-refractivity contribution is 5.83. The molecule has 0 fully saturated rings. The molecule has 0 heterocycles. The average Bonchev–Trinajstić information content (AvgIpc) is 2.03. The van der Waals surface area contributed by atoms with E-state index < -0.39 is 24.1 Å². The van der Waals surface area contributed by atoms with Crippen molar-refractivity contribution in [1.82, 2.24) is 0 Å². The van der Waals surface area contributed by atoms with Crippen LogP contribution in [-0.4, -0.2) is 51.0 Å². The molecule has 0 bridgehead atoms. The lowest BCUT2D eigenvalue weighted by molar-refractivity contribution is -0.165. The first-order valence-electron chi connectivity index (χ1n) is 2.85. The molecule has 0 aliphatic carbocycles. The maximum atomic E-state index is 9.77. The Morgan fingerprint density at radius 2 is 1.23 bits per heavy atom. The molecule has 0 aliphatic heterocycles. The van der Waals surface area contributed by atoms with Crippen molar-refractivity contribution in [3.63, 3.8) is 0 Å². The first kappa shape index (κ1) is 13.9. The van der Waals surface area contributed by atoms with Crippen molar-refractivity contribution >= 4 is 18.3 Å². The van der Waals surface area contributed by atoms with Crippen LogP contribution in [0.15, 0.2) is 0 Å². The summed E-state index contributed by atoms with van der Waals surface area (Å²) in [6.45, 7) is 0. The van der Waals surface area contributed by atoms with Gasteiger partial charge < -0.3 is 26.2 Å². The Hall–Kier alpha value is -1.67. The lowest BCUT2D eigenvalue weighted by Gasteiger charge is -2.07. The van der Waals surface area contributed by atoms with Gasteiger partial charge in [0.1, 0.15) is 0 Å². The number of aliphatic carboxylic acids is 2. The molecule has 0 saturated heterocycles. The molecule has 0 aromatic rings. The molecule has 0 rings (SSSR count). The number of nitrogens with two attached hydrogens (primary N) is 1. The van der Waals surface area contributed by atoms with Crippen molar-refractivity contribution in [2.45, 2.75) is 12.2 Å². The van der Waals surface area contributed by atoms with Crippen LogP contribution < -0.4 is 5.73 Å². The molecule has 0 saturated carbocycles. The summed E-state index contributed by atoms with van der Waals surface area (Å²) in [5.41, 5.74) is 4.17. The van der Waals surface area contributed by atoms with Crippen LogP contribution >= 0.6 is 0 Å². The molecule has 2 atom stereocenters. The molecule has 0 radical (unpaired) electrons. The van der Waals surface area contributed by atoms with Gasteiger partial charge in [0.05, 0.1) is 0 Å². The number of aliphatic hydroxyl groups is 2. The molecule has 8 heteroatoms. The van der Waals surface area contributed by atoms with Gasteiger partial charge in [-0.15, -0.1) is 0 Å². The van der Waals surface area contributed by atoms with Crippen LogP contribution in [0.25, 0.3) is 0 Å². The zero-order valence-electron chi connectivity index (χ0n) is 6.32. The van der Waals surface area contributed by atoms with Gasteiger partial charge in [-0.25, -0.2) is 9.59 Å². The predicted octanol–water partition coefficient (Wildman–Crippen LogP) is -3.02. The topological polar surface area (TPSA) is 158 Å². The second-order valence-electron chi connectivity index (χ2n) is 1.70. The van der Waals surface area contributed by atoms with Crippen molar-refractivity contribution < 1.29 is 34.8 Å². The number of carbonyl (C=O) groups is 3. The highest BCUT2D eigenvalue weighted by atomic mass is 16.4. The molecule has 0 aliphatic rings. The summed E-state index contributed by atoms with van der Waals surface area (Å²) in [5.74, 6) is -3.54. The summed E-state index contributed by atoms with van der Waals surface area (Å²) < 4.78 is 0. The summed E-state index contributed by atoms with van der Waals surface area (Å²) in [5, 5.41) is 32.5. The van der Waals surface area contributed by atoms with Crippen molar-refractivity contribution in [2.75, 3.05) is 0 Å². The van der Waals surface area contributed by atoms with E-state index in [2.05, 4.69) is 5.73 Å². The summed E-state index contributed by atoms with van der Waals surface area (Å²) >= 11 is 0. The molecule has 1 amide bonds. The van der Waals surface area contributed by atoms with Gasteiger partial charge in [0.15, 0.2) is 12.2 Å². The van der Waals surface area contributed by atoms with Crippen LogP contribution in [0.4, 0.5) is 0 Å². The summed E-state index contributed by atoms with van der Waals surface area (Å²) in [4.78, 5) is 28.1. The van der Waals surface area contributed by atoms with Gasteiger partial charge in [-0.05, 0) is 0 Å². The molecular weight excluding hydrogens is 186 g/mol. The fourth-order valence-electron chi connectivity index (χ4n) is 0.270. The molecule has 0 aromatic heterocycles. The number of carbonyl (C=O) groups excluding carboxylic acids is 1. The van der Waals surface area contributed by atoms with Crippen LogP contribution in [0, 0.1) is 0 Å². The van der Waals surface area contributed by atoms with Gasteiger partial charge >= 0.3 is 11.9 Å². The largest absolute Gasteiger partial charge is 0.479 e. The SMILES string of the molecule is NC=O.O=C(O)C(O)C(O)C(=O)O. The normalized spacial score (nSPS) is 13.1. The number of aliphatic hydroxyl groups excluding tert-OH is 2. The molecule has 76 valence electrons. The van der Waals surface area contributed by atoms with Crippen molar-refractivity contribution in [2.24, 2.45) is 5.73 Å². The van der Waals surface area contributed by atoms with Crippen LogP contribution in [0.2, 0.25) is 0 Å². The first-order valence-corrected chi connectivity index (χ1v) is 2.85. The molecule has 2 unspecified atom stereocenters. The number of hydrogen-bond acceptors (Lipinski definition) is 5. The molecular formula is C5H9NO7. The molecule has 8 nitrogen and oxygen atoms in total. The van der Waals surface area contributed by atoms with Crippen molar-refractivity contribution in [3.05, 3.63) is 0 Å². The highest BCUT2D eigenvalue weighted by Crippen LogP contribution is 1.92. The molecule has 6 N–H and O–H groups in total. The quantitative estimate of drug-likeness (QED) is 0.299. The Morgan fingerprint density at radius 3 is 1.31 bits per heavy atom. The maximum absolute atomic E-state index is 9.77. The fraction of sp³-hybridized carbons (Fsp3) is 0.400. The standard InChI is InChI=1S/C4H6O6.CH3NO/c5-1(3(7)8)2(6)4(9)10;2-1-3/h1-2,5-6H,(H,7,8)(H,9,10);1H,(H2,2,3). The minimum absolute atomic E-state index is 0.250. The van der Waals surface area contributed by atoms with E-state index in [1.54, 1.807) is 0 Å². The van der Waals surface area contributed by atoms with E-state index in [-0.39, 0.29) is 6.41 Å². The van der Waals surface area contributed by atoms with Gasteiger partial charge in [-0.3, -0.25) is 4.79 Å². The maximum Gasteiger partial charge on any atom is 0.335 e. The lowest BCUT2D eigenvalue weighted by atomic mass is 10.2. The van der Waals surface area contributed by atoms with Gasteiger partial charge in [0.25, 0.3) is 0 Å². The van der Waals surface area contributed by atoms with E-state index in [4.69, 9.17) is 25.2 Å². The van der Waals surface area contributed by atoms with Crippen LogP contribution in [0.5, 0.6) is 0 Å². The zero-order chi connectivity index (χ0) is 11.0. The number of carboxylic acid groups (broad SMARTS) is 2. The van der Waals surface area contributed by atoms with E-state index in [0.29, 0.717) is 0 Å². The van der Waals surface area contributed by atoms with Gasteiger partial charge in [-0.2, -0.15) is 0 Å². The van der Waals surface area contributed by atoms with Crippen LogP contribution in [-0.2, 0) is 14.4 Å². The molecule has 0 aromatic carbocycles. The number of primary amides is 1. The minimum atomic E-state index is -2.27. The summed E-state index contributed by atoms with van der Waals surface area (Å²) in [7, 11) is 0. The van der Waals surface area contributed by atoms with Crippen LogP contribution in [0.1, 0.15) is 0 Å². The molecule has 13 heavy (non-hydrogen) atoms. The minimum Gasteiger partial charge on any atom is -0.479 e. The zero-order valence-corrected chi connectivity index (χ0v) is 6.32. The third kappa shape index (κ3) is 6.72. The summed E-state index contributed by atoms with van der Waals surface area (Å²) in [6, 6.07) is 0. The van der Waals surface area contributed by atoms with E-state index >= 15 is 0 Å². The number of carboxylic acids is 2. The third-order valence-electron chi connectivity index (χ3n) is 0.805. The Labute approximate surface area is 72.2 Å². The van der Waals surface area contributed by atoms with Gasteiger partial charge in [-0.1, -0.05) is 0 Å². The third-order valence-corrected chi connectivity index (χ3v) is 0.805. The Morgan fingerprint density at radius 1 is 1.08 bits per heavy atom. The number of amides is 1. The van der Waals surface area contributed by atoms with E-state index in [1.807, 2.05) is 0 Å². The van der Waals surface area contributed by atoms with Crippen molar-refractivity contribution in [1.29, 1.82) is 0 Å². The first-order chi connectivity index (χ1) is 5.88. The number of rotatable bonds is 3.